The Morgan fingerprint density at radius 1 is 1.27 bits per heavy atom. The van der Waals surface area contributed by atoms with E-state index in [-0.39, 0.29) is 0 Å². The molecular weight excluding hydrogens is 307 g/mol. The molecule has 2 N–H and O–H groups in total. The third-order valence-corrected chi connectivity index (χ3v) is 2.33. The average Bonchev–Trinajstić information content (AvgIpc) is 2.37. The van der Waals surface area contributed by atoms with Crippen LogP contribution in [0, 0.1) is 6.92 Å². The number of carbonyl (C=O) groups excluding carboxylic acids is 1. The maximum absolute atomic E-state index is 11.9. The zero-order chi connectivity index (χ0) is 16.8. The maximum Gasteiger partial charge on any atom is 0.411 e. The first-order chi connectivity index (χ1) is 10.2. The Labute approximate surface area is 123 Å². The van der Waals surface area contributed by atoms with E-state index < -0.39 is 37.9 Å². The number of benzene rings is 1. The van der Waals surface area contributed by atoms with Crippen molar-refractivity contribution in [3.8, 4) is 5.75 Å². The zero-order valence-electron chi connectivity index (χ0n) is 11.6. The number of aliphatic carboxylic acids is 1. The van der Waals surface area contributed by atoms with Crippen molar-refractivity contribution in [2.75, 3.05) is 25.1 Å². The zero-order valence-corrected chi connectivity index (χ0v) is 11.6. The Bertz CT molecular complexity index is 545. The van der Waals surface area contributed by atoms with Crippen LogP contribution in [0.3, 0.4) is 0 Å². The van der Waals surface area contributed by atoms with Gasteiger partial charge in [0, 0.05) is 5.69 Å². The molecule has 0 unspecified atom stereocenters. The minimum atomic E-state index is -4.49. The molecule has 0 aliphatic carbocycles. The van der Waals surface area contributed by atoms with E-state index in [1.54, 1.807) is 6.92 Å². The van der Waals surface area contributed by atoms with E-state index >= 15 is 0 Å². The van der Waals surface area contributed by atoms with Gasteiger partial charge in [0.15, 0.2) is 6.61 Å². The topological polar surface area (TPSA) is 84.9 Å². The number of rotatable bonds is 7. The number of amides is 1. The molecule has 1 rings (SSSR count). The van der Waals surface area contributed by atoms with Crippen molar-refractivity contribution in [3.05, 3.63) is 23.8 Å². The molecule has 0 aliphatic heterocycles. The average molecular weight is 321 g/mol. The number of halogens is 3. The Kier molecular flexibility index (Phi) is 6.17. The molecule has 22 heavy (non-hydrogen) atoms. The van der Waals surface area contributed by atoms with E-state index in [4.69, 9.17) is 9.84 Å². The predicted octanol–water partition coefficient (Wildman–Crippen LogP) is 1.98. The van der Waals surface area contributed by atoms with Crippen molar-refractivity contribution in [1.29, 1.82) is 0 Å². The van der Waals surface area contributed by atoms with E-state index in [9.17, 15) is 22.8 Å². The van der Waals surface area contributed by atoms with Crippen molar-refractivity contribution in [3.63, 3.8) is 0 Å². The van der Waals surface area contributed by atoms with Gasteiger partial charge in [0.05, 0.1) is 0 Å². The normalized spacial score (nSPS) is 11.1. The van der Waals surface area contributed by atoms with Gasteiger partial charge in [-0.05, 0) is 30.7 Å². The third-order valence-electron chi connectivity index (χ3n) is 2.33. The van der Waals surface area contributed by atoms with Gasteiger partial charge in [0.25, 0.3) is 0 Å². The Morgan fingerprint density at radius 2 is 1.95 bits per heavy atom. The molecule has 122 valence electrons. The van der Waals surface area contributed by atoms with Gasteiger partial charge in [-0.1, -0.05) is 0 Å². The number of anilines is 1. The molecule has 0 saturated carbocycles. The quantitative estimate of drug-likeness (QED) is 0.802. The second kappa shape index (κ2) is 7.64. The molecule has 0 atom stereocenters. The summed E-state index contributed by atoms with van der Waals surface area (Å²) < 4.78 is 44.8. The lowest BCUT2D eigenvalue weighted by molar-refractivity contribution is -0.174. The van der Waals surface area contributed by atoms with Crippen LogP contribution in [0.1, 0.15) is 5.56 Å². The monoisotopic (exact) mass is 321 g/mol. The van der Waals surface area contributed by atoms with Gasteiger partial charge < -0.3 is 19.9 Å². The van der Waals surface area contributed by atoms with Gasteiger partial charge in [0.1, 0.15) is 19.0 Å². The summed E-state index contributed by atoms with van der Waals surface area (Å²) in [5, 5.41) is 10.9. The number of hydrogen-bond acceptors (Lipinski definition) is 4. The molecule has 1 aromatic carbocycles. The number of nitrogens with one attached hydrogen (secondary N) is 1. The summed E-state index contributed by atoms with van der Waals surface area (Å²) in [7, 11) is 0. The van der Waals surface area contributed by atoms with Gasteiger partial charge >= 0.3 is 12.1 Å². The number of carboxylic acid groups (broad SMARTS) is 1. The van der Waals surface area contributed by atoms with E-state index in [0.717, 1.165) is 0 Å². The molecule has 0 fully saturated rings. The molecule has 0 aromatic heterocycles. The maximum atomic E-state index is 11.9. The number of carbonyl (C=O) groups is 2. The molecule has 0 spiro atoms. The van der Waals surface area contributed by atoms with Gasteiger partial charge in [-0.15, -0.1) is 0 Å². The summed E-state index contributed by atoms with van der Waals surface area (Å²) in [5.74, 6) is -1.56. The van der Waals surface area contributed by atoms with E-state index in [1.807, 2.05) is 0 Å². The van der Waals surface area contributed by atoms with Crippen LogP contribution < -0.4 is 10.1 Å². The molecular formula is C13H14F3NO5. The van der Waals surface area contributed by atoms with Crippen LogP contribution in [0.15, 0.2) is 18.2 Å². The van der Waals surface area contributed by atoms with E-state index in [1.165, 1.54) is 18.2 Å². The lowest BCUT2D eigenvalue weighted by Gasteiger charge is -2.11. The van der Waals surface area contributed by atoms with Crippen molar-refractivity contribution in [1.82, 2.24) is 0 Å². The number of aryl methyl sites for hydroxylation is 1. The first-order valence-corrected chi connectivity index (χ1v) is 6.07. The number of hydrogen-bond donors (Lipinski definition) is 2. The van der Waals surface area contributed by atoms with Gasteiger partial charge in [-0.2, -0.15) is 13.2 Å². The summed E-state index contributed by atoms with van der Waals surface area (Å²) >= 11 is 0. The number of carboxylic acids is 1. The number of alkyl halides is 3. The van der Waals surface area contributed by atoms with Crippen molar-refractivity contribution < 1.29 is 37.3 Å². The summed E-state index contributed by atoms with van der Waals surface area (Å²) in [4.78, 5) is 21.8. The Hall–Kier alpha value is -2.29. The van der Waals surface area contributed by atoms with Crippen LogP contribution in [-0.2, 0) is 14.3 Å². The summed E-state index contributed by atoms with van der Waals surface area (Å²) in [6.45, 7) is -1.10. The van der Waals surface area contributed by atoms with Crippen LogP contribution in [-0.4, -0.2) is 43.0 Å². The fourth-order valence-electron chi connectivity index (χ4n) is 1.46. The van der Waals surface area contributed by atoms with E-state index in [0.29, 0.717) is 17.0 Å². The highest BCUT2D eigenvalue weighted by atomic mass is 19.4. The fourth-order valence-corrected chi connectivity index (χ4v) is 1.46. The first-order valence-electron chi connectivity index (χ1n) is 6.07. The molecule has 1 amide bonds. The smallest absolute Gasteiger partial charge is 0.411 e. The first kappa shape index (κ1) is 17.8. The molecule has 0 radical (unpaired) electrons. The predicted molar refractivity (Wildman–Crippen MR) is 69.8 cm³/mol. The van der Waals surface area contributed by atoms with Gasteiger partial charge in [-0.3, -0.25) is 4.79 Å². The summed E-state index contributed by atoms with van der Waals surface area (Å²) in [5.41, 5.74) is 0.926. The molecule has 0 heterocycles. The van der Waals surface area contributed by atoms with Gasteiger partial charge in [0.2, 0.25) is 5.91 Å². The number of ether oxygens (including phenoxy) is 2. The Balaban J connectivity index is 2.51. The Morgan fingerprint density at radius 3 is 2.50 bits per heavy atom. The highest BCUT2D eigenvalue weighted by molar-refractivity contribution is 5.92. The van der Waals surface area contributed by atoms with Crippen LogP contribution in [0.2, 0.25) is 0 Å². The summed E-state index contributed by atoms with van der Waals surface area (Å²) in [6.07, 6.45) is -4.49. The standard InChI is InChI=1S/C13H14F3NO5/c1-8-4-9(22-6-12(19)20)2-3-10(8)17-11(18)5-21-7-13(14,15)16/h2-4H,5-7H2,1H3,(H,17,18)(H,19,20). The molecule has 0 saturated heterocycles. The minimum absolute atomic E-state index is 0.297. The minimum Gasteiger partial charge on any atom is -0.482 e. The van der Waals surface area contributed by atoms with Crippen LogP contribution in [0.4, 0.5) is 18.9 Å². The van der Waals surface area contributed by atoms with Crippen molar-refractivity contribution >= 4 is 17.6 Å². The van der Waals surface area contributed by atoms with Crippen LogP contribution in [0.25, 0.3) is 0 Å². The second-order valence-corrected chi connectivity index (χ2v) is 4.32. The molecule has 0 bridgehead atoms. The molecule has 1 aromatic rings. The third kappa shape index (κ3) is 6.93. The SMILES string of the molecule is Cc1cc(OCC(=O)O)ccc1NC(=O)COCC(F)(F)F. The molecule has 9 heteroatoms. The summed E-state index contributed by atoms with van der Waals surface area (Å²) in [6, 6.07) is 4.38. The van der Waals surface area contributed by atoms with E-state index in [2.05, 4.69) is 10.1 Å². The van der Waals surface area contributed by atoms with Crippen molar-refractivity contribution in [2.45, 2.75) is 13.1 Å². The highest BCUT2D eigenvalue weighted by Crippen LogP contribution is 2.21. The largest absolute Gasteiger partial charge is 0.482 e. The second-order valence-electron chi connectivity index (χ2n) is 4.32. The molecule has 0 aliphatic rings. The molecule has 6 nitrogen and oxygen atoms in total. The van der Waals surface area contributed by atoms with Crippen molar-refractivity contribution in [2.24, 2.45) is 0 Å². The van der Waals surface area contributed by atoms with Crippen LogP contribution >= 0.6 is 0 Å². The fraction of sp³-hybridized carbons (Fsp3) is 0.385. The van der Waals surface area contributed by atoms with Crippen LogP contribution in [0.5, 0.6) is 5.75 Å². The van der Waals surface area contributed by atoms with Gasteiger partial charge in [-0.25, -0.2) is 4.79 Å². The lowest BCUT2D eigenvalue weighted by Crippen LogP contribution is -2.24. The lowest BCUT2D eigenvalue weighted by atomic mass is 10.2. The highest BCUT2D eigenvalue weighted by Gasteiger charge is 2.27.